The molecule has 0 bridgehead atoms. The molecule has 144 valence electrons. The maximum absolute atomic E-state index is 4.49. The number of hydrogen-bond donors (Lipinski definition) is 0. The minimum absolute atomic E-state index is 1.03. The quantitative estimate of drug-likeness (QED) is 0.343. The molecule has 0 atom stereocenters. The van der Waals surface area contributed by atoms with Crippen molar-refractivity contribution in [1.82, 2.24) is 4.98 Å². The van der Waals surface area contributed by atoms with Crippen molar-refractivity contribution in [1.29, 1.82) is 0 Å². The first-order chi connectivity index (χ1) is 14.1. The fourth-order valence-corrected chi connectivity index (χ4v) is 3.87. The van der Waals surface area contributed by atoms with E-state index in [0.29, 0.717) is 0 Å². The highest BCUT2D eigenvalue weighted by Crippen LogP contribution is 2.34. The molecule has 0 saturated carbocycles. The summed E-state index contributed by atoms with van der Waals surface area (Å²) in [7, 11) is 0. The predicted octanol–water partition coefficient (Wildman–Crippen LogP) is 7.71. The predicted molar refractivity (Wildman–Crippen MR) is 126 cm³/mol. The van der Waals surface area contributed by atoms with Gasteiger partial charge in [0.2, 0.25) is 0 Å². The number of benzene rings is 3. The van der Waals surface area contributed by atoms with E-state index >= 15 is 0 Å². The molecule has 0 fully saturated rings. The zero-order valence-corrected chi connectivity index (χ0v) is 17.8. The van der Waals surface area contributed by atoms with E-state index < -0.39 is 0 Å². The summed E-state index contributed by atoms with van der Waals surface area (Å²) in [5.74, 6) is 0. The molecule has 0 aliphatic carbocycles. The second-order valence-electron chi connectivity index (χ2n) is 7.26. The van der Waals surface area contributed by atoms with Crippen LogP contribution < -0.4 is 4.90 Å². The summed E-state index contributed by atoms with van der Waals surface area (Å²) >= 11 is 1.67. The molecule has 2 nitrogen and oxygen atoms in total. The van der Waals surface area contributed by atoms with Gasteiger partial charge in [0.25, 0.3) is 0 Å². The second-order valence-corrected chi connectivity index (χ2v) is 8.15. The van der Waals surface area contributed by atoms with E-state index in [0.717, 1.165) is 33.3 Å². The van der Waals surface area contributed by atoms with Crippen LogP contribution in [0.3, 0.4) is 0 Å². The molecular formula is C26H24N2S. The first kappa shape index (κ1) is 19.2. The monoisotopic (exact) mass is 396 g/mol. The number of aromatic nitrogens is 1. The van der Waals surface area contributed by atoms with Crippen LogP contribution in [0.15, 0.2) is 78.2 Å². The van der Waals surface area contributed by atoms with Gasteiger partial charge < -0.3 is 4.90 Å². The van der Waals surface area contributed by atoms with Crippen LogP contribution in [0, 0.1) is 20.8 Å². The number of aryl methyl sites for hydroxylation is 3. The Balaban J connectivity index is 1.66. The fourth-order valence-electron chi connectivity index (χ4n) is 3.19. The van der Waals surface area contributed by atoms with Crippen LogP contribution in [0.5, 0.6) is 0 Å². The van der Waals surface area contributed by atoms with Crippen LogP contribution in [-0.2, 0) is 0 Å². The largest absolute Gasteiger partial charge is 0.311 e. The fraction of sp³-hybridized carbons (Fsp3) is 0.115. The third kappa shape index (κ3) is 4.64. The number of anilines is 3. The van der Waals surface area contributed by atoms with Crippen LogP contribution >= 0.6 is 11.3 Å². The topological polar surface area (TPSA) is 16.1 Å². The van der Waals surface area contributed by atoms with Gasteiger partial charge in [-0.3, -0.25) is 0 Å². The number of rotatable bonds is 5. The maximum atomic E-state index is 4.49. The lowest BCUT2D eigenvalue weighted by molar-refractivity contribution is 1.25. The summed E-state index contributed by atoms with van der Waals surface area (Å²) in [6, 6.07) is 26.0. The average Bonchev–Trinajstić information content (AvgIpc) is 3.15. The van der Waals surface area contributed by atoms with Crippen LogP contribution in [0.4, 0.5) is 17.1 Å². The molecule has 29 heavy (non-hydrogen) atoms. The number of thiazole rings is 1. The summed E-state index contributed by atoms with van der Waals surface area (Å²) < 4.78 is 0. The van der Waals surface area contributed by atoms with Crippen molar-refractivity contribution in [2.75, 3.05) is 4.90 Å². The van der Waals surface area contributed by atoms with E-state index in [1.165, 1.54) is 11.1 Å². The van der Waals surface area contributed by atoms with Crippen molar-refractivity contribution in [3.63, 3.8) is 0 Å². The lowest BCUT2D eigenvalue weighted by Gasteiger charge is -2.25. The Morgan fingerprint density at radius 3 is 1.59 bits per heavy atom. The van der Waals surface area contributed by atoms with E-state index in [9.17, 15) is 0 Å². The van der Waals surface area contributed by atoms with E-state index in [1.54, 1.807) is 11.3 Å². The number of hydrogen-bond acceptors (Lipinski definition) is 3. The van der Waals surface area contributed by atoms with Crippen molar-refractivity contribution >= 4 is 40.6 Å². The Hall–Kier alpha value is -3.17. The third-order valence-corrected chi connectivity index (χ3v) is 5.72. The summed E-state index contributed by atoms with van der Waals surface area (Å²) in [5.41, 5.74) is 8.19. The van der Waals surface area contributed by atoms with E-state index in [2.05, 4.69) is 114 Å². The van der Waals surface area contributed by atoms with Crippen molar-refractivity contribution in [3.8, 4) is 0 Å². The molecule has 0 N–H and O–H groups in total. The Kier molecular flexibility index (Phi) is 5.59. The lowest BCUT2D eigenvalue weighted by atomic mass is 10.1. The zero-order chi connectivity index (χ0) is 20.2. The molecule has 4 rings (SSSR count). The summed E-state index contributed by atoms with van der Waals surface area (Å²) in [5, 5.41) is 3.11. The van der Waals surface area contributed by atoms with E-state index in [-0.39, 0.29) is 0 Å². The summed E-state index contributed by atoms with van der Waals surface area (Å²) in [6.07, 6.45) is 4.19. The molecule has 0 saturated heterocycles. The van der Waals surface area contributed by atoms with Crippen molar-refractivity contribution < 1.29 is 0 Å². The van der Waals surface area contributed by atoms with Gasteiger partial charge in [0.05, 0.1) is 0 Å². The van der Waals surface area contributed by atoms with Crippen molar-refractivity contribution in [2.45, 2.75) is 20.8 Å². The minimum atomic E-state index is 1.03. The number of nitrogens with zero attached hydrogens (tertiary/aromatic N) is 2. The van der Waals surface area contributed by atoms with Gasteiger partial charge >= 0.3 is 0 Å². The molecule has 1 heterocycles. The van der Waals surface area contributed by atoms with Gasteiger partial charge in [0.15, 0.2) is 0 Å². The Morgan fingerprint density at radius 2 is 1.14 bits per heavy atom. The molecule has 0 radical (unpaired) electrons. The molecule has 1 aromatic heterocycles. The van der Waals surface area contributed by atoms with Gasteiger partial charge in [-0.2, -0.15) is 0 Å². The molecule has 0 spiro atoms. The highest BCUT2D eigenvalue weighted by atomic mass is 32.1. The van der Waals surface area contributed by atoms with Gasteiger partial charge in [-0.05, 0) is 68.8 Å². The molecular weight excluding hydrogens is 372 g/mol. The van der Waals surface area contributed by atoms with Crippen molar-refractivity contribution in [2.24, 2.45) is 0 Å². The molecule has 0 amide bonds. The summed E-state index contributed by atoms with van der Waals surface area (Å²) in [6.45, 7) is 6.25. The third-order valence-electron chi connectivity index (χ3n) is 4.79. The normalized spacial score (nSPS) is 11.1. The van der Waals surface area contributed by atoms with Crippen molar-refractivity contribution in [3.05, 3.63) is 106 Å². The van der Waals surface area contributed by atoms with Gasteiger partial charge in [0.1, 0.15) is 5.01 Å². The van der Waals surface area contributed by atoms with Gasteiger partial charge in [-0.1, -0.05) is 53.6 Å². The maximum Gasteiger partial charge on any atom is 0.116 e. The smallest absolute Gasteiger partial charge is 0.116 e. The first-order valence-electron chi connectivity index (χ1n) is 9.72. The molecule has 0 unspecified atom stereocenters. The molecule has 3 heteroatoms. The first-order valence-corrected chi connectivity index (χ1v) is 10.6. The highest BCUT2D eigenvalue weighted by molar-refractivity contribution is 7.10. The second kappa shape index (κ2) is 8.46. The SMILES string of the molecule is Cc1ccc(N(c2ccc(C)cc2)c2ccc(C=Cc3nc(C)cs3)cc2)cc1. The molecule has 0 aliphatic rings. The molecule has 4 aromatic rings. The van der Waals surface area contributed by atoms with Crippen LogP contribution in [0.25, 0.3) is 12.2 Å². The minimum Gasteiger partial charge on any atom is -0.311 e. The van der Waals surface area contributed by atoms with Crippen LogP contribution in [-0.4, -0.2) is 4.98 Å². The average molecular weight is 397 g/mol. The Morgan fingerprint density at radius 1 is 0.655 bits per heavy atom. The van der Waals surface area contributed by atoms with Crippen LogP contribution in [0.1, 0.15) is 27.4 Å². The van der Waals surface area contributed by atoms with Gasteiger partial charge in [-0.25, -0.2) is 4.98 Å². The lowest BCUT2D eigenvalue weighted by Crippen LogP contribution is -2.09. The molecule has 3 aromatic carbocycles. The highest BCUT2D eigenvalue weighted by Gasteiger charge is 2.12. The Bertz CT molecular complexity index is 1060. The van der Waals surface area contributed by atoms with E-state index in [4.69, 9.17) is 0 Å². The zero-order valence-electron chi connectivity index (χ0n) is 17.0. The van der Waals surface area contributed by atoms with Gasteiger partial charge in [0, 0.05) is 28.1 Å². The molecule has 0 aliphatic heterocycles. The standard InChI is InChI=1S/C26H24N2S/c1-19-4-11-23(12-5-19)28(24-13-6-20(2)7-14-24)25-15-8-22(9-16-25)10-17-26-27-21(3)18-29-26/h4-18H,1-3H3. The summed E-state index contributed by atoms with van der Waals surface area (Å²) in [4.78, 5) is 6.78. The Labute approximate surface area is 176 Å². The van der Waals surface area contributed by atoms with Gasteiger partial charge in [-0.15, -0.1) is 11.3 Å². The van der Waals surface area contributed by atoms with Crippen LogP contribution in [0.2, 0.25) is 0 Å². The van der Waals surface area contributed by atoms with E-state index in [1.807, 2.05) is 6.92 Å².